The van der Waals surface area contributed by atoms with Crippen molar-refractivity contribution in [1.82, 2.24) is 28.2 Å². The van der Waals surface area contributed by atoms with E-state index in [4.69, 9.17) is 9.97 Å². The Morgan fingerprint density at radius 3 is 0.740 bits per heavy atom. The molecule has 0 bridgehead atoms. The molecule has 8 heteroatoms. The molecule has 0 N–H and O–H groups in total. The van der Waals surface area contributed by atoms with Gasteiger partial charge in [-0.2, -0.15) is 0 Å². The zero-order chi connectivity index (χ0) is 63.0. The molecule has 1 aliphatic rings. The van der Waals surface area contributed by atoms with Crippen molar-refractivity contribution in [3.8, 4) is 56.7 Å². The minimum Gasteiger partial charge on any atom is -0.306 e. The maximum absolute atomic E-state index is 6.14. The van der Waals surface area contributed by atoms with Gasteiger partial charge in [0.2, 0.25) is 0 Å². The molecule has 0 aliphatic carbocycles. The van der Waals surface area contributed by atoms with Crippen LogP contribution >= 0.6 is 0 Å². The first-order chi connectivity index (χ1) is 47.7. The minimum atomic E-state index is 0.550. The van der Waals surface area contributed by atoms with Crippen molar-refractivity contribution in [2.24, 2.45) is 0 Å². The van der Waals surface area contributed by atoms with Crippen LogP contribution in [0.5, 0.6) is 0 Å². The van der Waals surface area contributed by atoms with Gasteiger partial charge in [0.05, 0.1) is 112 Å². The first-order valence-corrected chi connectivity index (χ1v) is 32.8. The Hall–Kier alpha value is -13.0. The van der Waals surface area contributed by atoms with Gasteiger partial charge in [-0.05, 0) is 91.0 Å². The molecular weight excluding hydrogens is 1170 g/mol. The van der Waals surface area contributed by atoms with Crippen LogP contribution in [0.15, 0.2) is 340 Å². The van der Waals surface area contributed by atoms with Gasteiger partial charge >= 0.3 is 0 Å². The Labute approximate surface area is 552 Å². The molecule has 19 aromatic rings. The van der Waals surface area contributed by atoms with E-state index in [1.807, 2.05) is 0 Å². The topological polar surface area (TPSA) is 52.0 Å². The molecule has 8 nitrogen and oxygen atoms in total. The lowest BCUT2D eigenvalue weighted by molar-refractivity contribution is 1.02. The van der Waals surface area contributed by atoms with Gasteiger partial charge in [0.15, 0.2) is 5.82 Å². The Balaban J connectivity index is 1.15. The fourth-order valence-electron chi connectivity index (χ4n) is 15.7. The average Bonchev–Trinajstić information content (AvgIpc) is 1.33. The first kappa shape index (κ1) is 53.6. The molecule has 0 saturated carbocycles. The molecule has 0 fully saturated rings. The molecule has 0 unspecified atom stereocenters. The van der Waals surface area contributed by atoms with Crippen molar-refractivity contribution in [1.29, 1.82) is 0 Å². The van der Waals surface area contributed by atoms with Gasteiger partial charge in [0.1, 0.15) is 0 Å². The summed E-state index contributed by atoms with van der Waals surface area (Å²) in [5, 5.41) is 8.99. The summed E-state index contributed by atoms with van der Waals surface area (Å²) >= 11 is 0. The summed E-state index contributed by atoms with van der Waals surface area (Å²) in [6.07, 6.45) is 0. The third-order valence-corrected chi connectivity index (χ3v) is 19.6. The number of para-hydroxylation sites is 13. The van der Waals surface area contributed by atoms with Crippen molar-refractivity contribution in [3.05, 3.63) is 340 Å². The number of aromatic nitrogens is 6. The van der Waals surface area contributed by atoms with Crippen molar-refractivity contribution in [2.75, 3.05) is 9.80 Å². The standard InChI is InChI=1S/C88H56N8/c1-4-30-57(31-5-1)68-56-69(58-32-6-2-7-33-58)90-88(89-68)82-83(92-70-44-18-10-36-60(70)61-37-11-19-45-71(61)92)85(94-74-48-22-14-40-64(74)65-41-15-23-49-75(65)94)87(96-80-54-28-26-52-78(80)91(59-34-8-3-9-35-59)79-53-27-29-55-81(79)96)86(95-76-50-24-16-42-66(76)67-43-17-25-51-77(67)95)84(82)93-72-46-20-12-38-62(72)63-39-13-21-47-73(63)93/h1-56H. The summed E-state index contributed by atoms with van der Waals surface area (Å²) < 4.78 is 10.3. The SMILES string of the molecule is c1ccc(-c2cc(-c3ccccc3)nc(-c3c(-n4c5ccccc5c5ccccc54)c(-n4c5ccccc5c5ccccc54)c(N4c5ccccc5N(c5ccccc5)c5ccccc54)c(-n4c5ccccc5c5ccccc54)c3-n3c4ccccc4c4ccccc43)n2)cc1. The molecule has 14 aromatic carbocycles. The van der Waals surface area contributed by atoms with E-state index >= 15 is 0 Å². The molecule has 20 rings (SSSR count). The van der Waals surface area contributed by atoms with Gasteiger partial charge in [-0.25, -0.2) is 9.97 Å². The maximum atomic E-state index is 6.14. The quantitative estimate of drug-likeness (QED) is 0.145. The number of benzene rings is 14. The Bertz CT molecular complexity index is 5780. The number of nitrogens with zero attached hydrogens (tertiary/aromatic N) is 8. The third-order valence-electron chi connectivity index (χ3n) is 19.6. The molecule has 448 valence electrons. The van der Waals surface area contributed by atoms with Gasteiger partial charge in [-0.15, -0.1) is 0 Å². The largest absolute Gasteiger partial charge is 0.306 e. The molecule has 5 aromatic heterocycles. The lowest BCUT2D eigenvalue weighted by Gasteiger charge is -2.42. The second kappa shape index (κ2) is 21.3. The summed E-state index contributed by atoms with van der Waals surface area (Å²) in [7, 11) is 0. The van der Waals surface area contributed by atoms with Crippen LogP contribution in [-0.2, 0) is 0 Å². The second-order valence-corrected chi connectivity index (χ2v) is 24.8. The maximum Gasteiger partial charge on any atom is 0.164 e. The van der Waals surface area contributed by atoms with Crippen molar-refractivity contribution >= 4 is 121 Å². The number of hydrogen-bond acceptors (Lipinski definition) is 4. The molecule has 0 saturated heterocycles. The van der Waals surface area contributed by atoms with Crippen LogP contribution in [0.25, 0.3) is 144 Å². The lowest BCUT2D eigenvalue weighted by atomic mass is 9.96. The Morgan fingerprint density at radius 1 is 0.198 bits per heavy atom. The Morgan fingerprint density at radius 2 is 0.438 bits per heavy atom. The number of rotatable bonds is 9. The molecule has 0 atom stereocenters. The summed E-state index contributed by atoms with van der Waals surface area (Å²) in [6.45, 7) is 0. The van der Waals surface area contributed by atoms with Gasteiger partial charge in [0, 0.05) is 59.9 Å². The zero-order valence-electron chi connectivity index (χ0n) is 51.9. The summed E-state index contributed by atoms with van der Waals surface area (Å²) in [5.74, 6) is 0.550. The predicted molar refractivity (Wildman–Crippen MR) is 399 cm³/mol. The fourth-order valence-corrected chi connectivity index (χ4v) is 15.7. The van der Waals surface area contributed by atoms with E-state index in [0.29, 0.717) is 5.82 Å². The van der Waals surface area contributed by atoms with Gasteiger partial charge in [-0.3, -0.25) is 0 Å². The van der Waals surface area contributed by atoms with Crippen LogP contribution in [0.3, 0.4) is 0 Å². The lowest BCUT2D eigenvalue weighted by Crippen LogP contribution is -2.27. The van der Waals surface area contributed by atoms with Crippen LogP contribution in [-0.4, -0.2) is 28.2 Å². The van der Waals surface area contributed by atoms with Crippen LogP contribution < -0.4 is 9.80 Å². The van der Waals surface area contributed by atoms with Crippen molar-refractivity contribution < 1.29 is 0 Å². The molecule has 0 radical (unpaired) electrons. The van der Waals surface area contributed by atoms with Gasteiger partial charge < -0.3 is 28.1 Å². The zero-order valence-corrected chi connectivity index (χ0v) is 51.9. The highest BCUT2D eigenvalue weighted by Gasteiger charge is 2.41. The van der Waals surface area contributed by atoms with E-state index in [-0.39, 0.29) is 0 Å². The van der Waals surface area contributed by atoms with Crippen LogP contribution in [0.1, 0.15) is 0 Å². The molecule has 1 aliphatic heterocycles. The molecule has 0 spiro atoms. The van der Waals surface area contributed by atoms with Gasteiger partial charge in [-0.1, -0.05) is 249 Å². The number of hydrogen-bond donors (Lipinski definition) is 0. The van der Waals surface area contributed by atoms with Crippen LogP contribution in [0, 0.1) is 0 Å². The van der Waals surface area contributed by atoms with Gasteiger partial charge in [0.25, 0.3) is 0 Å². The summed E-state index contributed by atoms with van der Waals surface area (Å²) in [4.78, 5) is 17.3. The summed E-state index contributed by atoms with van der Waals surface area (Å²) in [5.41, 5.74) is 22.3. The van der Waals surface area contributed by atoms with Crippen LogP contribution in [0.4, 0.5) is 34.1 Å². The normalized spacial score (nSPS) is 12.3. The third kappa shape index (κ3) is 7.84. The molecule has 96 heavy (non-hydrogen) atoms. The van der Waals surface area contributed by atoms with E-state index in [1.165, 1.54) is 0 Å². The summed E-state index contributed by atoms with van der Waals surface area (Å²) in [6, 6.07) is 124. The monoisotopic (exact) mass is 1220 g/mol. The molecule has 6 heterocycles. The highest BCUT2D eigenvalue weighted by atomic mass is 15.3. The Kier molecular flexibility index (Phi) is 11.9. The van der Waals surface area contributed by atoms with E-state index in [2.05, 4.69) is 368 Å². The number of anilines is 6. The van der Waals surface area contributed by atoms with Crippen molar-refractivity contribution in [2.45, 2.75) is 0 Å². The number of fused-ring (bicyclic) bond motifs is 14. The van der Waals surface area contributed by atoms with Crippen molar-refractivity contribution in [3.63, 3.8) is 0 Å². The molecule has 0 amide bonds. The second-order valence-electron chi connectivity index (χ2n) is 24.8. The minimum absolute atomic E-state index is 0.550. The average molecular weight is 1230 g/mol. The van der Waals surface area contributed by atoms with E-state index < -0.39 is 0 Å². The van der Waals surface area contributed by atoms with E-state index in [9.17, 15) is 0 Å². The molecular formula is C88H56N8. The van der Waals surface area contributed by atoms with E-state index in [1.54, 1.807) is 0 Å². The van der Waals surface area contributed by atoms with Crippen LogP contribution in [0.2, 0.25) is 0 Å². The smallest absolute Gasteiger partial charge is 0.164 e. The predicted octanol–water partition coefficient (Wildman–Crippen LogP) is 23.1. The highest BCUT2D eigenvalue weighted by molar-refractivity contribution is 6.20. The fraction of sp³-hybridized carbons (Fsp3) is 0. The highest BCUT2D eigenvalue weighted by Crippen LogP contribution is 2.61. The first-order valence-electron chi connectivity index (χ1n) is 32.8. The van der Waals surface area contributed by atoms with E-state index in [0.717, 1.165) is 172 Å².